The fourth-order valence-electron chi connectivity index (χ4n) is 1.75. The number of ketones is 3. The first-order valence-electron chi connectivity index (χ1n) is 5.68. The molecule has 0 aromatic rings. The Kier molecular flexibility index (Phi) is 4.14. The summed E-state index contributed by atoms with van der Waals surface area (Å²) >= 11 is 0. The first-order chi connectivity index (χ1) is 8.31. The van der Waals surface area contributed by atoms with E-state index < -0.39 is 28.9 Å². The standard InChI is InChI=1S/C14H16O4/c1-4-5-6-7-11(15)10-8-14(3,18)13(17)9(2)12(10)16/h4-9,18H,1-3H3/t9?,14-/m0/s1. The van der Waals surface area contributed by atoms with Gasteiger partial charge in [-0.15, -0.1) is 0 Å². The van der Waals surface area contributed by atoms with Crippen molar-refractivity contribution >= 4 is 17.3 Å². The molecule has 0 radical (unpaired) electrons. The van der Waals surface area contributed by atoms with E-state index in [0.717, 1.165) is 6.08 Å². The molecule has 0 aromatic carbocycles. The summed E-state index contributed by atoms with van der Waals surface area (Å²) in [6.07, 6.45) is 7.18. The highest BCUT2D eigenvalue weighted by atomic mass is 16.3. The van der Waals surface area contributed by atoms with Crippen LogP contribution < -0.4 is 0 Å². The van der Waals surface area contributed by atoms with E-state index in [2.05, 4.69) is 0 Å². The van der Waals surface area contributed by atoms with Gasteiger partial charge in [0.05, 0.1) is 11.5 Å². The number of hydrogen-bond donors (Lipinski definition) is 1. The molecule has 0 aliphatic heterocycles. The van der Waals surface area contributed by atoms with Crippen LogP contribution in [0.5, 0.6) is 0 Å². The molecular weight excluding hydrogens is 232 g/mol. The number of Topliss-reactive ketones (excluding diaryl/α,β-unsaturated/α-hetero) is 2. The Bertz CT molecular complexity index is 478. The molecule has 0 amide bonds. The molecular formula is C14H16O4. The van der Waals surface area contributed by atoms with Crippen LogP contribution in [0.15, 0.2) is 36.0 Å². The minimum atomic E-state index is -1.76. The molecule has 4 heteroatoms. The van der Waals surface area contributed by atoms with Crippen LogP contribution in [-0.2, 0) is 14.4 Å². The van der Waals surface area contributed by atoms with E-state index in [-0.39, 0.29) is 5.57 Å². The predicted octanol–water partition coefficient (Wildman–Crippen LogP) is 1.15. The zero-order valence-corrected chi connectivity index (χ0v) is 10.6. The van der Waals surface area contributed by atoms with Gasteiger partial charge < -0.3 is 5.11 Å². The third-order valence-corrected chi connectivity index (χ3v) is 2.79. The van der Waals surface area contributed by atoms with Gasteiger partial charge in [-0.3, -0.25) is 14.4 Å². The van der Waals surface area contributed by atoms with Crippen molar-refractivity contribution in [3.8, 4) is 0 Å². The van der Waals surface area contributed by atoms with Gasteiger partial charge in [-0.25, -0.2) is 0 Å². The number of carbonyl (C=O) groups is 3. The molecule has 0 aromatic heterocycles. The maximum absolute atomic E-state index is 11.8. The molecule has 0 fully saturated rings. The van der Waals surface area contributed by atoms with E-state index in [0.29, 0.717) is 0 Å². The van der Waals surface area contributed by atoms with Crippen LogP contribution in [-0.4, -0.2) is 28.1 Å². The van der Waals surface area contributed by atoms with Crippen LogP contribution in [0.4, 0.5) is 0 Å². The Hall–Kier alpha value is -1.81. The third kappa shape index (κ3) is 2.71. The van der Waals surface area contributed by atoms with Gasteiger partial charge in [-0.05, 0) is 32.9 Å². The summed E-state index contributed by atoms with van der Waals surface area (Å²) in [6, 6.07) is 0. The summed E-state index contributed by atoms with van der Waals surface area (Å²) in [6.45, 7) is 4.47. The van der Waals surface area contributed by atoms with Gasteiger partial charge in [0.2, 0.25) is 0 Å². The molecule has 1 unspecified atom stereocenters. The fraction of sp³-hybridized carbons (Fsp3) is 0.357. The molecule has 0 heterocycles. The fourth-order valence-corrected chi connectivity index (χ4v) is 1.75. The Morgan fingerprint density at radius 2 is 2.00 bits per heavy atom. The minimum absolute atomic E-state index is 0.132. The molecule has 1 aliphatic rings. The summed E-state index contributed by atoms with van der Waals surface area (Å²) < 4.78 is 0. The van der Waals surface area contributed by atoms with Crippen LogP contribution >= 0.6 is 0 Å². The largest absolute Gasteiger partial charge is 0.378 e. The van der Waals surface area contributed by atoms with Crippen LogP contribution in [0.25, 0.3) is 0 Å². The smallest absolute Gasteiger partial charge is 0.189 e. The number of allylic oxidation sites excluding steroid dienone is 5. The molecule has 1 rings (SSSR count). The highest BCUT2D eigenvalue weighted by molar-refractivity contribution is 6.31. The predicted molar refractivity (Wildman–Crippen MR) is 66.8 cm³/mol. The first kappa shape index (κ1) is 14.3. The van der Waals surface area contributed by atoms with Crippen molar-refractivity contribution in [2.45, 2.75) is 26.4 Å². The van der Waals surface area contributed by atoms with Crippen molar-refractivity contribution < 1.29 is 19.5 Å². The van der Waals surface area contributed by atoms with Crippen molar-refractivity contribution in [3.05, 3.63) is 36.0 Å². The molecule has 1 N–H and O–H groups in total. The Morgan fingerprint density at radius 1 is 1.39 bits per heavy atom. The van der Waals surface area contributed by atoms with Crippen molar-refractivity contribution in [2.75, 3.05) is 0 Å². The summed E-state index contributed by atoms with van der Waals surface area (Å²) in [7, 11) is 0. The lowest BCUT2D eigenvalue weighted by Crippen LogP contribution is -2.45. The number of hydrogen-bond acceptors (Lipinski definition) is 4. The summed E-state index contributed by atoms with van der Waals surface area (Å²) in [4.78, 5) is 35.2. The summed E-state index contributed by atoms with van der Waals surface area (Å²) in [5.41, 5.74) is -1.89. The van der Waals surface area contributed by atoms with Crippen molar-refractivity contribution in [2.24, 2.45) is 5.92 Å². The van der Waals surface area contributed by atoms with Crippen molar-refractivity contribution in [1.82, 2.24) is 0 Å². The molecule has 96 valence electrons. The van der Waals surface area contributed by atoms with Crippen molar-refractivity contribution in [1.29, 1.82) is 0 Å². The average Bonchev–Trinajstić information content (AvgIpc) is 2.32. The van der Waals surface area contributed by atoms with E-state index in [4.69, 9.17) is 0 Å². The van der Waals surface area contributed by atoms with Gasteiger partial charge in [0.25, 0.3) is 0 Å². The van der Waals surface area contributed by atoms with E-state index in [9.17, 15) is 19.5 Å². The number of rotatable bonds is 3. The Labute approximate surface area is 106 Å². The summed E-state index contributed by atoms with van der Waals surface area (Å²) in [5.74, 6) is -2.61. The zero-order valence-electron chi connectivity index (χ0n) is 10.6. The lowest BCUT2D eigenvalue weighted by Gasteiger charge is -2.27. The van der Waals surface area contributed by atoms with E-state index in [1.165, 1.54) is 26.0 Å². The second kappa shape index (κ2) is 5.23. The molecule has 0 saturated carbocycles. The maximum Gasteiger partial charge on any atom is 0.189 e. The number of aliphatic hydroxyl groups is 1. The van der Waals surface area contributed by atoms with Gasteiger partial charge in [0.15, 0.2) is 17.3 Å². The van der Waals surface area contributed by atoms with E-state index >= 15 is 0 Å². The lowest BCUT2D eigenvalue weighted by atomic mass is 9.78. The molecule has 18 heavy (non-hydrogen) atoms. The van der Waals surface area contributed by atoms with Crippen LogP contribution in [0.2, 0.25) is 0 Å². The highest BCUT2D eigenvalue weighted by Gasteiger charge is 2.42. The van der Waals surface area contributed by atoms with Crippen molar-refractivity contribution in [3.63, 3.8) is 0 Å². The monoisotopic (exact) mass is 248 g/mol. The van der Waals surface area contributed by atoms with Gasteiger partial charge in [0.1, 0.15) is 5.60 Å². The van der Waals surface area contributed by atoms with Gasteiger partial charge >= 0.3 is 0 Å². The van der Waals surface area contributed by atoms with Crippen LogP contribution in [0.1, 0.15) is 20.8 Å². The Morgan fingerprint density at radius 3 is 2.56 bits per heavy atom. The van der Waals surface area contributed by atoms with Gasteiger partial charge in [-0.2, -0.15) is 0 Å². The maximum atomic E-state index is 11.8. The average molecular weight is 248 g/mol. The van der Waals surface area contributed by atoms with Crippen LogP contribution in [0.3, 0.4) is 0 Å². The molecule has 4 nitrogen and oxygen atoms in total. The Balaban J connectivity index is 3.11. The highest BCUT2D eigenvalue weighted by Crippen LogP contribution is 2.25. The third-order valence-electron chi connectivity index (χ3n) is 2.79. The zero-order chi connectivity index (χ0) is 13.9. The van der Waals surface area contributed by atoms with Gasteiger partial charge in [0, 0.05) is 0 Å². The quantitative estimate of drug-likeness (QED) is 0.352. The lowest BCUT2D eigenvalue weighted by molar-refractivity contribution is -0.141. The molecule has 0 spiro atoms. The number of carbonyl (C=O) groups excluding carboxylic acids is 3. The van der Waals surface area contributed by atoms with E-state index in [1.807, 2.05) is 0 Å². The van der Waals surface area contributed by atoms with E-state index in [1.54, 1.807) is 19.1 Å². The normalized spacial score (nSPS) is 29.1. The molecule has 2 atom stereocenters. The second-order valence-corrected chi connectivity index (χ2v) is 4.40. The van der Waals surface area contributed by atoms with Crippen LogP contribution in [0, 0.1) is 5.92 Å². The van der Waals surface area contributed by atoms with Gasteiger partial charge in [-0.1, -0.05) is 18.2 Å². The second-order valence-electron chi connectivity index (χ2n) is 4.40. The SMILES string of the molecule is CC=CC=CC(=O)C1=C[C@](C)(O)C(=O)C(C)C1=O. The first-order valence-corrected chi connectivity index (χ1v) is 5.68. The topological polar surface area (TPSA) is 71.4 Å². The molecule has 0 bridgehead atoms. The minimum Gasteiger partial charge on any atom is -0.378 e. The molecule has 0 saturated heterocycles. The molecule has 1 aliphatic carbocycles. The summed E-state index contributed by atoms with van der Waals surface area (Å²) in [5, 5.41) is 9.85.